The molecule has 0 bridgehead atoms. The molecule has 1 aliphatic rings. The van der Waals surface area contributed by atoms with Crippen molar-refractivity contribution in [2.45, 2.75) is 17.1 Å². The van der Waals surface area contributed by atoms with Gasteiger partial charge in [0.25, 0.3) is 0 Å². The van der Waals surface area contributed by atoms with Crippen molar-refractivity contribution >= 4 is 15.5 Å². The second-order valence-electron chi connectivity index (χ2n) is 3.83. The third-order valence-electron chi connectivity index (χ3n) is 2.85. The van der Waals surface area contributed by atoms with Crippen molar-refractivity contribution in [3.05, 3.63) is 23.5 Å². The van der Waals surface area contributed by atoms with Crippen LogP contribution in [0.25, 0.3) is 0 Å². The first-order chi connectivity index (χ1) is 8.39. The lowest BCUT2D eigenvalue weighted by Crippen LogP contribution is -2.24. The fourth-order valence-corrected chi connectivity index (χ4v) is 2.97. The molecule has 1 aromatic rings. The molecule has 0 atom stereocenters. The van der Waals surface area contributed by atoms with E-state index in [1.165, 1.54) is 0 Å². The minimum atomic E-state index is -4.81. The molecule has 0 radical (unpaired) electrons. The quantitative estimate of drug-likeness (QED) is 0.844. The van der Waals surface area contributed by atoms with Crippen LogP contribution in [-0.2, 0) is 16.3 Å². The van der Waals surface area contributed by atoms with Crippen molar-refractivity contribution in [1.29, 1.82) is 0 Å². The van der Waals surface area contributed by atoms with Crippen LogP contribution >= 0.6 is 0 Å². The van der Waals surface area contributed by atoms with Crippen molar-refractivity contribution in [3.63, 3.8) is 0 Å². The predicted molar refractivity (Wildman–Crippen MR) is 57.7 cm³/mol. The van der Waals surface area contributed by atoms with Gasteiger partial charge in [0.15, 0.2) is 0 Å². The summed E-state index contributed by atoms with van der Waals surface area (Å²) in [5.41, 5.74) is -0.108. The third kappa shape index (κ3) is 1.85. The molecule has 1 aliphatic heterocycles. The van der Waals surface area contributed by atoms with Crippen LogP contribution in [0.5, 0.6) is 0 Å². The summed E-state index contributed by atoms with van der Waals surface area (Å²) in [7, 11) is -4.81. The van der Waals surface area contributed by atoms with Gasteiger partial charge < -0.3 is 10.0 Å². The summed E-state index contributed by atoms with van der Waals surface area (Å²) in [5, 5.41) is 9.05. The number of sulfone groups is 1. The van der Waals surface area contributed by atoms with Crippen LogP contribution in [0.2, 0.25) is 0 Å². The number of anilines is 1. The minimum absolute atomic E-state index is 0.0470. The van der Waals surface area contributed by atoms with Crippen LogP contribution in [0.4, 0.5) is 18.9 Å². The Kier molecular flexibility index (Phi) is 3.24. The van der Waals surface area contributed by atoms with Gasteiger partial charge in [0, 0.05) is 12.1 Å². The molecule has 8 heteroatoms. The first kappa shape index (κ1) is 13.2. The number of rotatable bonds is 3. The predicted octanol–water partition coefficient (Wildman–Crippen LogP) is 1.13. The smallest absolute Gasteiger partial charge is 0.341 e. The van der Waals surface area contributed by atoms with E-state index in [1.54, 1.807) is 0 Å². The van der Waals surface area contributed by atoms with Gasteiger partial charge in [-0.3, -0.25) is 0 Å². The van der Waals surface area contributed by atoms with E-state index in [-0.39, 0.29) is 24.2 Å². The molecule has 18 heavy (non-hydrogen) atoms. The van der Waals surface area contributed by atoms with Crippen LogP contribution in [0.1, 0.15) is 5.56 Å². The number of hydrogen-bond donors (Lipinski definition) is 1. The Morgan fingerprint density at radius 3 is 2.61 bits per heavy atom. The lowest BCUT2D eigenvalue weighted by Gasteiger charge is -2.19. The number of aliphatic hydroxyl groups is 1. The van der Waals surface area contributed by atoms with E-state index in [9.17, 15) is 21.6 Å². The fraction of sp³-hybridized carbons (Fsp3) is 0.400. The SMILES string of the molecule is O=S(=O)(c1ccc(F)c2c1N(CO)CC2)C(F)F. The summed E-state index contributed by atoms with van der Waals surface area (Å²) in [4.78, 5) is 0.522. The van der Waals surface area contributed by atoms with Gasteiger partial charge >= 0.3 is 5.76 Å². The standard InChI is InChI=1S/C10H10F3NO3S/c11-7-1-2-8(18(16,17)10(12)13)9-6(7)3-4-14(9)5-15/h1-2,10,15H,3-5H2. The molecular weight excluding hydrogens is 271 g/mol. The van der Waals surface area contributed by atoms with E-state index in [2.05, 4.69) is 0 Å². The highest BCUT2D eigenvalue weighted by molar-refractivity contribution is 7.91. The lowest BCUT2D eigenvalue weighted by atomic mass is 10.1. The van der Waals surface area contributed by atoms with Gasteiger partial charge in [0.2, 0.25) is 9.84 Å². The Morgan fingerprint density at radius 1 is 1.39 bits per heavy atom. The maximum Gasteiger partial charge on any atom is 0.341 e. The van der Waals surface area contributed by atoms with Crippen LogP contribution in [0, 0.1) is 5.82 Å². The van der Waals surface area contributed by atoms with Gasteiger partial charge in [0.05, 0.1) is 10.6 Å². The molecule has 4 nitrogen and oxygen atoms in total. The van der Waals surface area contributed by atoms with E-state index in [4.69, 9.17) is 5.11 Å². The van der Waals surface area contributed by atoms with Crippen molar-refractivity contribution < 1.29 is 26.7 Å². The second-order valence-corrected chi connectivity index (χ2v) is 5.72. The number of hydrogen-bond acceptors (Lipinski definition) is 4. The van der Waals surface area contributed by atoms with E-state index >= 15 is 0 Å². The molecule has 0 saturated carbocycles. The molecule has 0 unspecified atom stereocenters. The topological polar surface area (TPSA) is 57.6 Å². The zero-order valence-electron chi connectivity index (χ0n) is 9.11. The Balaban J connectivity index is 2.69. The van der Waals surface area contributed by atoms with Gasteiger partial charge in [-0.2, -0.15) is 8.78 Å². The monoisotopic (exact) mass is 281 g/mol. The van der Waals surface area contributed by atoms with E-state index in [0.717, 1.165) is 17.0 Å². The molecule has 0 aliphatic carbocycles. The number of fused-ring (bicyclic) bond motifs is 1. The average Bonchev–Trinajstić information content (AvgIpc) is 2.73. The summed E-state index contributed by atoms with van der Waals surface area (Å²) in [6.07, 6.45) is 0.175. The van der Waals surface area contributed by atoms with Crippen molar-refractivity contribution in [2.24, 2.45) is 0 Å². The summed E-state index contributed by atoms with van der Waals surface area (Å²) >= 11 is 0. The normalized spacial score (nSPS) is 15.3. The number of benzene rings is 1. The highest BCUT2D eigenvalue weighted by Gasteiger charge is 2.35. The highest BCUT2D eigenvalue weighted by atomic mass is 32.2. The Hall–Kier alpha value is -1.28. The first-order valence-corrected chi connectivity index (χ1v) is 6.63. The number of aliphatic hydroxyl groups excluding tert-OH is 1. The molecule has 100 valence electrons. The van der Waals surface area contributed by atoms with Crippen LogP contribution in [0.15, 0.2) is 17.0 Å². The fourth-order valence-electron chi connectivity index (χ4n) is 2.00. The largest absolute Gasteiger partial charge is 0.376 e. The van der Waals surface area contributed by atoms with Crippen molar-refractivity contribution in [3.8, 4) is 0 Å². The molecule has 1 aromatic carbocycles. The third-order valence-corrected chi connectivity index (χ3v) is 4.26. The van der Waals surface area contributed by atoms with Crippen molar-refractivity contribution in [2.75, 3.05) is 18.2 Å². The molecule has 1 heterocycles. The van der Waals surface area contributed by atoms with E-state index in [0.29, 0.717) is 0 Å². The van der Waals surface area contributed by atoms with Crippen molar-refractivity contribution in [1.82, 2.24) is 0 Å². The zero-order valence-corrected chi connectivity index (χ0v) is 9.92. The van der Waals surface area contributed by atoms with Crippen LogP contribution in [-0.4, -0.2) is 32.6 Å². The van der Waals surface area contributed by atoms with Crippen LogP contribution in [0.3, 0.4) is 0 Å². The second kappa shape index (κ2) is 4.43. The van der Waals surface area contributed by atoms with Gasteiger partial charge in [-0.25, -0.2) is 12.8 Å². The van der Waals surface area contributed by atoms with E-state index < -0.39 is 33.0 Å². The van der Waals surface area contributed by atoms with E-state index in [1.807, 2.05) is 0 Å². The zero-order chi connectivity index (χ0) is 13.5. The number of halogens is 3. The van der Waals surface area contributed by atoms with Gasteiger partial charge in [-0.15, -0.1) is 0 Å². The maximum absolute atomic E-state index is 13.5. The average molecular weight is 281 g/mol. The Morgan fingerprint density at radius 2 is 2.06 bits per heavy atom. The highest BCUT2D eigenvalue weighted by Crippen LogP contribution is 2.37. The molecule has 0 aromatic heterocycles. The molecule has 0 saturated heterocycles. The molecular formula is C10H10F3NO3S. The molecule has 1 N–H and O–H groups in total. The van der Waals surface area contributed by atoms with Crippen LogP contribution < -0.4 is 4.90 Å². The minimum Gasteiger partial charge on any atom is -0.376 e. The number of nitrogens with zero attached hydrogens (tertiary/aromatic N) is 1. The van der Waals surface area contributed by atoms with Gasteiger partial charge in [0.1, 0.15) is 12.5 Å². The molecule has 0 fully saturated rings. The lowest BCUT2D eigenvalue weighted by molar-refractivity contribution is 0.234. The molecule has 2 rings (SSSR count). The summed E-state index contributed by atoms with van der Waals surface area (Å²) < 4.78 is 61.5. The first-order valence-electron chi connectivity index (χ1n) is 5.09. The number of alkyl halides is 2. The van der Waals surface area contributed by atoms with Gasteiger partial charge in [-0.05, 0) is 18.6 Å². The maximum atomic E-state index is 13.5. The van der Waals surface area contributed by atoms with Gasteiger partial charge in [-0.1, -0.05) is 0 Å². The Bertz CT molecular complexity index is 574. The summed E-state index contributed by atoms with van der Waals surface area (Å²) in [5.74, 6) is -4.23. The Labute approximate surface area is 102 Å². The summed E-state index contributed by atoms with van der Waals surface area (Å²) in [6, 6.07) is 1.67. The molecule has 0 spiro atoms. The molecule has 0 amide bonds. The summed E-state index contributed by atoms with van der Waals surface area (Å²) in [6.45, 7) is -0.360.